The molecular formula is C13H24N4S. The molecule has 2 atom stereocenters. The molecule has 1 fully saturated rings. The van der Waals surface area contributed by atoms with Crippen molar-refractivity contribution in [1.82, 2.24) is 20.0 Å². The molecule has 0 radical (unpaired) electrons. The van der Waals surface area contributed by atoms with Crippen molar-refractivity contribution in [3.8, 4) is 0 Å². The van der Waals surface area contributed by atoms with Crippen molar-refractivity contribution < 1.29 is 0 Å². The minimum Gasteiger partial charge on any atom is -0.309 e. The number of aryl methyl sites for hydroxylation is 1. The number of nitrogens with zero attached hydrogens (tertiary/aromatic N) is 3. The lowest BCUT2D eigenvalue weighted by Gasteiger charge is -2.37. The number of likely N-dealkylation sites (N-methyl/N-ethyl adjacent to an activating group) is 2. The molecule has 0 saturated carbocycles. The van der Waals surface area contributed by atoms with E-state index in [0.29, 0.717) is 12.1 Å². The van der Waals surface area contributed by atoms with Crippen molar-refractivity contribution in [3.05, 3.63) is 18.0 Å². The highest BCUT2D eigenvalue weighted by Crippen LogP contribution is 2.26. The Morgan fingerprint density at radius 2 is 2.39 bits per heavy atom. The second kappa shape index (κ2) is 6.59. The lowest BCUT2D eigenvalue weighted by Crippen LogP contribution is -2.47. The smallest absolute Gasteiger partial charge is 0.0538 e. The summed E-state index contributed by atoms with van der Waals surface area (Å²) >= 11 is 2.06. The first-order chi connectivity index (χ1) is 8.76. The summed E-state index contributed by atoms with van der Waals surface area (Å²) in [7, 11) is 2.24. The van der Waals surface area contributed by atoms with E-state index in [1.54, 1.807) is 0 Å². The number of nitrogens with one attached hydrogen (secondary N) is 1. The van der Waals surface area contributed by atoms with E-state index in [-0.39, 0.29) is 0 Å². The van der Waals surface area contributed by atoms with Gasteiger partial charge in [0, 0.05) is 42.4 Å². The Hall–Kier alpha value is -0.520. The molecule has 18 heavy (non-hydrogen) atoms. The van der Waals surface area contributed by atoms with Gasteiger partial charge in [-0.2, -0.15) is 16.9 Å². The van der Waals surface area contributed by atoms with Crippen LogP contribution < -0.4 is 5.32 Å². The Labute approximate surface area is 114 Å². The van der Waals surface area contributed by atoms with E-state index in [1.165, 1.54) is 23.6 Å². The van der Waals surface area contributed by atoms with Crippen molar-refractivity contribution in [2.75, 3.05) is 31.6 Å². The quantitative estimate of drug-likeness (QED) is 0.879. The van der Waals surface area contributed by atoms with Crippen molar-refractivity contribution in [1.29, 1.82) is 0 Å². The zero-order valence-corrected chi connectivity index (χ0v) is 12.4. The van der Waals surface area contributed by atoms with Crippen LogP contribution in [-0.2, 0) is 6.54 Å². The van der Waals surface area contributed by atoms with Crippen LogP contribution in [0.1, 0.15) is 25.5 Å². The molecule has 1 N–H and O–H groups in total. The lowest BCUT2D eigenvalue weighted by atomic mass is 10.0. The van der Waals surface area contributed by atoms with Crippen molar-refractivity contribution in [2.24, 2.45) is 0 Å². The van der Waals surface area contributed by atoms with Gasteiger partial charge in [0.15, 0.2) is 0 Å². The first kappa shape index (κ1) is 13.9. The van der Waals surface area contributed by atoms with Gasteiger partial charge in [0.25, 0.3) is 0 Å². The number of thioether (sulfide) groups is 1. The van der Waals surface area contributed by atoms with Crippen LogP contribution in [0.5, 0.6) is 0 Å². The number of hydrogen-bond donors (Lipinski definition) is 1. The first-order valence-electron chi connectivity index (χ1n) is 6.80. The van der Waals surface area contributed by atoms with E-state index in [1.807, 2.05) is 10.9 Å². The second-order valence-corrected chi connectivity index (χ2v) is 5.94. The summed E-state index contributed by atoms with van der Waals surface area (Å²) in [6, 6.07) is 0.964. The zero-order chi connectivity index (χ0) is 13.0. The fourth-order valence-corrected chi connectivity index (χ4v) is 3.74. The van der Waals surface area contributed by atoms with Gasteiger partial charge in [0.1, 0.15) is 0 Å². The molecule has 1 aromatic heterocycles. The largest absolute Gasteiger partial charge is 0.309 e. The fraction of sp³-hybridized carbons (Fsp3) is 0.769. The van der Waals surface area contributed by atoms with E-state index in [9.17, 15) is 0 Å². The SMILES string of the molecule is CCNC(c1cnn(CC)c1)C1CSCCN1C. The standard InChI is InChI=1S/C13H24N4S/c1-4-14-13(11-8-15-17(5-2)9-11)12-10-18-7-6-16(12)3/h8-9,12-14H,4-7,10H2,1-3H3. The average Bonchev–Trinajstić information content (AvgIpc) is 2.85. The summed E-state index contributed by atoms with van der Waals surface area (Å²) in [5, 5.41) is 8.04. The van der Waals surface area contributed by atoms with Gasteiger partial charge < -0.3 is 5.32 Å². The van der Waals surface area contributed by atoms with Crippen molar-refractivity contribution >= 4 is 11.8 Å². The Balaban J connectivity index is 2.15. The third-order valence-corrected chi connectivity index (χ3v) is 4.64. The number of rotatable bonds is 5. The summed E-state index contributed by atoms with van der Waals surface area (Å²) in [5.74, 6) is 2.45. The molecule has 4 nitrogen and oxygen atoms in total. The average molecular weight is 268 g/mol. The Morgan fingerprint density at radius 1 is 1.56 bits per heavy atom. The van der Waals surface area contributed by atoms with Crippen LogP contribution in [0.2, 0.25) is 0 Å². The highest BCUT2D eigenvalue weighted by Gasteiger charge is 2.29. The van der Waals surface area contributed by atoms with Crippen LogP contribution in [-0.4, -0.2) is 52.4 Å². The van der Waals surface area contributed by atoms with E-state index >= 15 is 0 Å². The molecule has 0 amide bonds. The van der Waals surface area contributed by atoms with Gasteiger partial charge in [-0.05, 0) is 20.5 Å². The van der Waals surface area contributed by atoms with Crippen molar-refractivity contribution in [2.45, 2.75) is 32.5 Å². The van der Waals surface area contributed by atoms with Crippen LogP contribution in [0, 0.1) is 0 Å². The van der Waals surface area contributed by atoms with Gasteiger partial charge in [-0.15, -0.1) is 0 Å². The fourth-order valence-electron chi connectivity index (χ4n) is 2.47. The monoisotopic (exact) mass is 268 g/mol. The number of hydrogen-bond acceptors (Lipinski definition) is 4. The molecule has 1 aliphatic heterocycles. The molecule has 1 saturated heterocycles. The summed E-state index contributed by atoms with van der Waals surface area (Å²) in [5.41, 5.74) is 1.32. The highest BCUT2D eigenvalue weighted by molar-refractivity contribution is 7.99. The predicted molar refractivity (Wildman–Crippen MR) is 78.1 cm³/mol. The van der Waals surface area contributed by atoms with Gasteiger partial charge in [-0.1, -0.05) is 6.92 Å². The second-order valence-electron chi connectivity index (χ2n) is 4.79. The molecule has 2 heterocycles. The maximum Gasteiger partial charge on any atom is 0.0538 e. The van der Waals surface area contributed by atoms with Crippen LogP contribution in [0.4, 0.5) is 0 Å². The lowest BCUT2D eigenvalue weighted by molar-refractivity contribution is 0.217. The third kappa shape index (κ3) is 3.08. The number of aromatic nitrogens is 2. The van der Waals surface area contributed by atoms with Crippen LogP contribution in [0.3, 0.4) is 0 Å². The molecule has 102 valence electrons. The normalized spacial score (nSPS) is 23.2. The van der Waals surface area contributed by atoms with E-state index < -0.39 is 0 Å². The van der Waals surface area contributed by atoms with Crippen molar-refractivity contribution in [3.63, 3.8) is 0 Å². The Kier molecular flexibility index (Phi) is 5.09. The molecule has 2 rings (SSSR count). The van der Waals surface area contributed by atoms with Crippen LogP contribution in [0.25, 0.3) is 0 Å². The topological polar surface area (TPSA) is 33.1 Å². The minimum atomic E-state index is 0.396. The van der Waals surface area contributed by atoms with Gasteiger partial charge in [-0.3, -0.25) is 9.58 Å². The minimum absolute atomic E-state index is 0.396. The molecular weight excluding hydrogens is 244 g/mol. The molecule has 2 unspecified atom stereocenters. The molecule has 1 aromatic rings. The summed E-state index contributed by atoms with van der Waals surface area (Å²) in [4.78, 5) is 2.48. The maximum absolute atomic E-state index is 4.41. The van der Waals surface area contributed by atoms with Gasteiger partial charge in [0.05, 0.1) is 12.2 Å². The van der Waals surface area contributed by atoms with E-state index in [2.05, 4.69) is 54.2 Å². The van der Waals surface area contributed by atoms with E-state index in [4.69, 9.17) is 0 Å². The van der Waals surface area contributed by atoms with E-state index in [0.717, 1.165) is 13.1 Å². The Bertz CT molecular complexity index is 366. The highest BCUT2D eigenvalue weighted by atomic mass is 32.2. The molecule has 0 spiro atoms. The summed E-state index contributed by atoms with van der Waals surface area (Å²) in [6.45, 7) is 7.42. The molecule has 0 aromatic carbocycles. The zero-order valence-electron chi connectivity index (χ0n) is 11.6. The summed E-state index contributed by atoms with van der Waals surface area (Å²) < 4.78 is 2.01. The molecule has 5 heteroatoms. The first-order valence-corrected chi connectivity index (χ1v) is 7.95. The molecule has 0 bridgehead atoms. The van der Waals surface area contributed by atoms with Gasteiger partial charge in [0.2, 0.25) is 0 Å². The summed E-state index contributed by atoms with van der Waals surface area (Å²) in [6.07, 6.45) is 4.20. The Morgan fingerprint density at radius 3 is 3.00 bits per heavy atom. The van der Waals surface area contributed by atoms with Gasteiger partial charge in [-0.25, -0.2) is 0 Å². The predicted octanol–water partition coefficient (Wildman–Crippen LogP) is 1.60. The van der Waals surface area contributed by atoms with Gasteiger partial charge >= 0.3 is 0 Å². The molecule has 1 aliphatic rings. The maximum atomic E-state index is 4.41. The van der Waals surface area contributed by atoms with Crippen LogP contribution in [0.15, 0.2) is 12.4 Å². The molecule has 0 aliphatic carbocycles. The van der Waals surface area contributed by atoms with Crippen LogP contribution >= 0.6 is 11.8 Å². The third-order valence-electron chi connectivity index (χ3n) is 3.59.